The number of halogens is 1. The first kappa shape index (κ1) is 19.3. The number of nitrogens with one attached hydrogen (secondary N) is 2. The molecule has 0 spiro atoms. The van der Waals surface area contributed by atoms with Gasteiger partial charge in [-0.15, -0.1) is 0 Å². The smallest absolute Gasteiger partial charge is 0.188 e. The second-order valence-electron chi connectivity index (χ2n) is 7.83. The van der Waals surface area contributed by atoms with Crippen LogP contribution < -0.4 is 20.3 Å². The Hall–Kier alpha value is -2.71. The number of ether oxygens (including phenoxy) is 1. The number of pyridine rings is 1. The minimum absolute atomic E-state index is 0.270. The highest BCUT2D eigenvalue weighted by Crippen LogP contribution is 2.41. The Kier molecular flexibility index (Phi) is 5.04. The lowest BCUT2D eigenvalue weighted by molar-refractivity contribution is 0.287. The summed E-state index contributed by atoms with van der Waals surface area (Å²) >= 11 is 1.49. The van der Waals surface area contributed by atoms with Gasteiger partial charge in [0.15, 0.2) is 16.7 Å². The van der Waals surface area contributed by atoms with E-state index in [1.54, 1.807) is 6.20 Å². The van der Waals surface area contributed by atoms with Crippen molar-refractivity contribution in [3.63, 3.8) is 0 Å². The molecule has 4 heterocycles. The number of hydrogen-bond donors (Lipinski definition) is 2. The van der Waals surface area contributed by atoms with Crippen molar-refractivity contribution < 1.29 is 9.13 Å². The lowest BCUT2D eigenvalue weighted by Crippen LogP contribution is -2.38. The number of fused-ring (bicyclic) bond motifs is 2. The zero-order valence-corrected chi connectivity index (χ0v) is 17.9. The van der Waals surface area contributed by atoms with Crippen molar-refractivity contribution in [2.75, 3.05) is 29.9 Å². The topological polar surface area (TPSA) is 62.3 Å². The van der Waals surface area contributed by atoms with Gasteiger partial charge in [0, 0.05) is 37.4 Å². The van der Waals surface area contributed by atoms with Gasteiger partial charge in [0.1, 0.15) is 12.4 Å². The Balaban J connectivity index is 1.42. The van der Waals surface area contributed by atoms with Gasteiger partial charge in [0.05, 0.1) is 17.1 Å². The molecule has 0 unspecified atom stereocenters. The van der Waals surface area contributed by atoms with Crippen LogP contribution in [0.25, 0.3) is 10.4 Å². The van der Waals surface area contributed by atoms with E-state index in [1.165, 1.54) is 23.0 Å². The summed E-state index contributed by atoms with van der Waals surface area (Å²) in [5.74, 6) is 0.794. The van der Waals surface area contributed by atoms with Crippen LogP contribution in [0.4, 0.5) is 21.0 Å². The molecule has 1 aromatic carbocycles. The zero-order valence-electron chi connectivity index (χ0n) is 17.0. The third kappa shape index (κ3) is 3.61. The second kappa shape index (κ2) is 7.85. The largest absolute Gasteiger partial charge is 0.486 e. The molecule has 0 bridgehead atoms. The molecule has 0 atom stereocenters. The molecular weight excluding hydrogens is 401 g/mol. The predicted molar refractivity (Wildman–Crippen MR) is 118 cm³/mol. The van der Waals surface area contributed by atoms with Crippen molar-refractivity contribution in [3.05, 3.63) is 47.5 Å². The van der Waals surface area contributed by atoms with Gasteiger partial charge in [0.25, 0.3) is 0 Å². The van der Waals surface area contributed by atoms with Crippen molar-refractivity contribution in [2.24, 2.45) is 0 Å². The fraction of sp³-hybridized carbons (Fsp3) is 0.364. The molecular formula is C22H24FN5OS. The Morgan fingerprint density at radius 3 is 3.07 bits per heavy atom. The maximum absolute atomic E-state index is 14.8. The average Bonchev–Trinajstić information content (AvgIpc) is 3.21. The van der Waals surface area contributed by atoms with Crippen LogP contribution in [0.5, 0.6) is 5.75 Å². The molecule has 0 saturated carbocycles. The van der Waals surface area contributed by atoms with E-state index in [9.17, 15) is 4.39 Å². The third-order valence-corrected chi connectivity index (χ3v) is 6.44. The van der Waals surface area contributed by atoms with E-state index >= 15 is 0 Å². The summed E-state index contributed by atoms with van der Waals surface area (Å²) in [5.41, 5.74) is 3.98. The number of anilines is 3. The number of rotatable bonds is 4. The molecule has 8 heteroatoms. The summed E-state index contributed by atoms with van der Waals surface area (Å²) < 4.78 is 20.4. The van der Waals surface area contributed by atoms with Crippen LogP contribution in [0.1, 0.15) is 25.1 Å². The Morgan fingerprint density at radius 1 is 1.30 bits per heavy atom. The molecule has 2 aliphatic rings. The lowest BCUT2D eigenvalue weighted by atomic mass is 10.1. The number of benzene rings is 1. The van der Waals surface area contributed by atoms with Crippen LogP contribution in [0.2, 0.25) is 0 Å². The Bertz CT molecular complexity index is 1080. The molecule has 0 saturated heterocycles. The maximum atomic E-state index is 14.8. The van der Waals surface area contributed by atoms with Crippen LogP contribution in [0, 0.1) is 5.82 Å². The van der Waals surface area contributed by atoms with E-state index in [2.05, 4.69) is 40.4 Å². The Labute approximate surface area is 179 Å². The molecule has 6 nitrogen and oxygen atoms in total. The first-order chi connectivity index (χ1) is 14.6. The molecule has 5 rings (SSSR count). The van der Waals surface area contributed by atoms with Gasteiger partial charge in [-0.25, -0.2) is 14.4 Å². The first-order valence-electron chi connectivity index (χ1n) is 10.2. The summed E-state index contributed by atoms with van der Waals surface area (Å²) in [5, 5.41) is 7.39. The standard InChI is InChI=1S/C22H24FN5OS/c1-13(2)28-7-8-29-21-16(23)9-15(10-18(21)28)19-12-25-22(30-19)27-20-4-3-14-11-24-6-5-17(14)26-20/h3-4,9-10,12-13,24H,5-8,11H2,1-2H3,(H,25,26,27). The summed E-state index contributed by atoms with van der Waals surface area (Å²) in [4.78, 5) is 12.3. The average molecular weight is 426 g/mol. The minimum Gasteiger partial charge on any atom is -0.486 e. The SMILES string of the molecule is CC(C)N1CCOc2c(F)cc(-c3cnc(Nc4ccc5c(n4)CCNC5)s3)cc21. The molecule has 0 radical (unpaired) electrons. The van der Waals surface area contributed by atoms with Gasteiger partial charge in [-0.3, -0.25) is 0 Å². The van der Waals surface area contributed by atoms with Crippen LogP contribution in [-0.2, 0) is 13.0 Å². The fourth-order valence-corrected chi connectivity index (χ4v) is 4.77. The first-order valence-corrected chi connectivity index (χ1v) is 11.1. The van der Waals surface area contributed by atoms with Gasteiger partial charge >= 0.3 is 0 Å². The fourth-order valence-electron chi connectivity index (χ4n) is 3.96. The van der Waals surface area contributed by atoms with Crippen LogP contribution in [-0.4, -0.2) is 35.7 Å². The number of aromatic nitrogens is 2. The van der Waals surface area contributed by atoms with Gasteiger partial charge in [0.2, 0.25) is 0 Å². The predicted octanol–water partition coefficient (Wildman–Crippen LogP) is 4.34. The van der Waals surface area contributed by atoms with Crippen LogP contribution in [0.3, 0.4) is 0 Å². The molecule has 2 N–H and O–H groups in total. The third-order valence-electron chi connectivity index (χ3n) is 5.48. The molecule has 156 valence electrons. The highest BCUT2D eigenvalue weighted by Gasteiger charge is 2.25. The molecule has 0 fully saturated rings. The van der Waals surface area contributed by atoms with Gasteiger partial charge in [-0.2, -0.15) is 0 Å². The van der Waals surface area contributed by atoms with Crippen molar-refractivity contribution in [1.29, 1.82) is 0 Å². The minimum atomic E-state index is -0.333. The second-order valence-corrected chi connectivity index (χ2v) is 8.86. The van der Waals surface area contributed by atoms with Gasteiger partial charge in [-0.1, -0.05) is 17.4 Å². The van der Waals surface area contributed by atoms with E-state index in [1.807, 2.05) is 12.1 Å². The molecule has 30 heavy (non-hydrogen) atoms. The Morgan fingerprint density at radius 2 is 2.20 bits per heavy atom. The summed E-state index contributed by atoms with van der Waals surface area (Å²) in [6.07, 6.45) is 2.71. The van der Waals surface area contributed by atoms with Gasteiger partial charge in [-0.05, 0) is 43.2 Å². The lowest BCUT2D eigenvalue weighted by Gasteiger charge is -2.34. The molecule has 3 aromatic rings. The normalized spacial score (nSPS) is 15.5. The highest BCUT2D eigenvalue weighted by molar-refractivity contribution is 7.18. The van der Waals surface area contributed by atoms with E-state index in [0.717, 1.165) is 58.8 Å². The monoisotopic (exact) mass is 425 g/mol. The highest BCUT2D eigenvalue weighted by atomic mass is 32.1. The quantitative estimate of drug-likeness (QED) is 0.648. The summed E-state index contributed by atoms with van der Waals surface area (Å²) in [6.45, 7) is 7.28. The summed E-state index contributed by atoms with van der Waals surface area (Å²) in [6, 6.07) is 7.88. The molecule has 0 amide bonds. The number of hydrogen-bond acceptors (Lipinski definition) is 7. The van der Waals surface area contributed by atoms with Crippen molar-refractivity contribution in [1.82, 2.24) is 15.3 Å². The van der Waals surface area contributed by atoms with E-state index in [-0.39, 0.29) is 11.9 Å². The molecule has 0 aliphatic carbocycles. The summed E-state index contributed by atoms with van der Waals surface area (Å²) in [7, 11) is 0. The van der Waals surface area contributed by atoms with Crippen LogP contribution in [0.15, 0.2) is 30.5 Å². The van der Waals surface area contributed by atoms with E-state index in [4.69, 9.17) is 9.72 Å². The zero-order chi connectivity index (χ0) is 20.7. The van der Waals surface area contributed by atoms with Crippen molar-refractivity contribution in [3.8, 4) is 16.2 Å². The molecule has 2 aliphatic heterocycles. The maximum Gasteiger partial charge on any atom is 0.188 e. The van der Waals surface area contributed by atoms with Crippen molar-refractivity contribution >= 4 is 28.0 Å². The van der Waals surface area contributed by atoms with E-state index in [0.29, 0.717) is 12.4 Å². The van der Waals surface area contributed by atoms with Gasteiger partial charge < -0.3 is 20.3 Å². The number of thiazole rings is 1. The van der Waals surface area contributed by atoms with Crippen molar-refractivity contribution in [2.45, 2.75) is 32.9 Å². The number of nitrogens with zero attached hydrogens (tertiary/aromatic N) is 3. The van der Waals surface area contributed by atoms with E-state index < -0.39 is 0 Å². The molecule has 2 aromatic heterocycles. The van der Waals surface area contributed by atoms with Crippen LogP contribution >= 0.6 is 11.3 Å².